The second kappa shape index (κ2) is 8.22. The summed E-state index contributed by atoms with van der Waals surface area (Å²) in [4.78, 5) is 25.1. The fourth-order valence-corrected chi connectivity index (χ4v) is 3.58. The number of rotatable bonds is 4. The van der Waals surface area contributed by atoms with Crippen LogP contribution in [0.25, 0.3) is 16.9 Å². The molecule has 0 spiro atoms. The molecule has 0 amide bonds. The maximum Gasteiger partial charge on any atom is 0.357 e. The molecule has 0 aliphatic rings. The summed E-state index contributed by atoms with van der Waals surface area (Å²) in [5, 5.41) is 4.57. The van der Waals surface area contributed by atoms with Gasteiger partial charge in [-0.05, 0) is 56.7 Å². The van der Waals surface area contributed by atoms with Crippen LogP contribution in [0.5, 0.6) is 0 Å². The molecule has 0 radical (unpaired) electrons. The Morgan fingerprint density at radius 3 is 2.30 bits per heavy atom. The fraction of sp³-hybridized carbons (Fsp3) is 0.105. The third kappa shape index (κ3) is 3.63. The second-order valence-electron chi connectivity index (χ2n) is 5.40. The number of hydrogen-bond donors (Lipinski definition) is 0. The van der Waals surface area contributed by atoms with Crippen molar-refractivity contribution in [2.75, 3.05) is 14.2 Å². The van der Waals surface area contributed by atoms with Crippen molar-refractivity contribution >= 4 is 50.5 Å². The number of para-hydroxylation sites is 1. The fourth-order valence-electron chi connectivity index (χ4n) is 2.63. The molecule has 0 N–H and O–H groups in total. The van der Waals surface area contributed by atoms with Gasteiger partial charge in [0, 0.05) is 13.6 Å². The molecule has 2 aromatic carbocycles. The number of aromatic nitrogens is 2. The summed E-state index contributed by atoms with van der Waals surface area (Å²) < 4.78 is 13.0. The largest absolute Gasteiger partial charge is 0.465 e. The molecule has 138 valence electrons. The highest BCUT2D eigenvalue weighted by Crippen LogP contribution is 2.35. The highest BCUT2D eigenvalue weighted by atomic mass is 127. The van der Waals surface area contributed by atoms with Crippen LogP contribution in [0, 0.1) is 3.57 Å². The lowest BCUT2D eigenvalue weighted by atomic mass is 10.1. The van der Waals surface area contributed by atoms with E-state index in [0.29, 0.717) is 16.9 Å². The summed E-state index contributed by atoms with van der Waals surface area (Å²) in [7, 11) is 2.52. The van der Waals surface area contributed by atoms with Crippen molar-refractivity contribution < 1.29 is 19.1 Å². The van der Waals surface area contributed by atoms with Gasteiger partial charge in [0.2, 0.25) is 0 Å². The van der Waals surface area contributed by atoms with Crippen molar-refractivity contribution in [2.24, 2.45) is 0 Å². The van der Waals surface area contributed by atoms with Crippen LogP contribution in [0.4, 0.5) is 0 Å². The zero-order valence-corrected chi connectivity index (χ0v) is 18.1. The lowest BCUT2D eigenvalue weighted by Crippen LogP contribution is -2.15. The van der Waals surface area contributed by atoms with E-state index < -0.39 is 11.9 Å². The molecule has 0 aliphatic heterocycles. The first kappa shape index (κ1) is 19.6. The molecule has 0 bridgehead atoms. The minimum absolute atomic E-state index is 0.0105. The van der Waals surface area contributed by atoms with Gasteiger partial charge >= 0.3 is 11.9 Å². The number of halogens is 2. The van der Waals surface area contributed by atoms with Gasteiger partial charge in [-0.1, -0.05) is 30.3 Å². The highest BCUT2D eigenvalue weighted by Gasteiger charge is 2.32. The van der Waals surface area contributed by atoms with Crippen molar-refractivity contribution in [1.82, 2.24) is 9.78 Å². The normalized spacial score (nSPS) is 10.5. The van der Waals surface area contributed by atoms with Gasteiger partial charge in [0.05, 0.1) is 19.9 Å². The van der Waals surface area contributed by atoms with Crippen LogP contribution in [-0.2, 0) is 9.47 Å². The van der Waals surface area contributed by atoms with Gasteiger partial charge in [0.25, 0.3) is 0 Å². The van der Waals surface area contributed by atoms with Crippen molar-refractivity contribution in [2.45, 2.75) is 0 Å². The third-order valence-corrected chi connectivity index (χ3v) is 6.36. The molecule has 0 atom stereocenters. The lowest BCUT2D eigenvalue weighted by molar-refractivity contribution is 0.0549. The number of nitrogens with zero attached hydrogens (tertiary/aromatic N) is 2. The predicted molar refractivity (Wildman–Crippen MR) is 112 cm³/mol. The molecule has 0 unspecified atom stereocenters. The Hall–Kier alpha value is -2.20. The van der Waals surface area contributed by atoms with E-state index in [1.165, 1.54) is 18.9 Å². The maximum atomic E-state index is 12.6. The van der Waals surface area contributed by atoms with Gasteiger partial charge < -0.3 is 9.47 Å². The number of carbonyl (C=O) groups excluding carboxylic acids is 2. The van der Waals surface area contributed by atoms with Crippen molar-refractivity contribution in [3.8, 4) is 16.9 Å². The monoisotopic (exact) mass is 540 g/mol. The topological polar surface area (TPSA) is 70.4 Å². The first-order chi connectivity index (χ1) is 13.0. The number of benzene rings is 2. The van der Waals surface area contributed by atoms with E-state index >= 15 is 0 Å². The Kier molecular flexibility index (Phi) is 5.95. The van der Waals surface area contributed by atoms with E-state index in [2.05, 4.69) is 43.6 Å². The standard InChI is InChI=1S/C19H14BrIN2O4/c1-26-18(24)14-16(12-9-6-10-13(21)15(12)20)22-23(17(14)19(25)27-2)11-7-4-3-5-8-11/h3-10H,1-2H3. The molecule has 1 heterocycles. The quantitative estimate of drug-likeness (QED) is 0.360. The number of carbonyl (C=O) groups is 2. The lowest BCUT2D eigenvalue weighted by Gasteiger charge is -2.07. The van der Waals surface area contributed by atoms with E-state index in [4.69, 9.17) is 9.47 Å². The third-order valence-electron chi connectivity index (χ3n) is 3.86. The number of ether oxygens (including phenoxy) is 2. The number of hydrogen-bond acceptors (Lipinski definition) is 5. The van der Waals surface area contributed by atoms with Gasteiger partial charge in [0.15, 0.2) is 5.69 Å². The molecule has 8 heteroatoms. The Balaban J connectivity index is 2.40. The predicted octanol–water partition coefficient (Wildman–Crippen LogP) is 4.48. The summed E-state index contributed by atoms with van der Waals surface area (Å²) in [6.07, 6.45) is 0. The smallest absolute Gasteiger partial charge is 0.357 e. The molecule has 27 heavy (non-hydrogen) atoms. The van der Waals surface area contributed by atoms with Gasteiger partial charge in [-0.15, -0.1) is 0 Å². The Morgan fingerprint density at radius 1 is 1.00 bits per heavy atom. The Morgan fingerprint density at radius 2 is 1.67 bits per heavy atom. The van der Waals surface area contributed by atoms with E-state index in [1.54, 1.807) is 12.1 Å². The Labute approximate surface area is 177 Å². The zero-order chi connectivity index (χ0) is 19.6. The second-order valence-corrected chi connectivity index (χ2v) is 7.36. The highest BCUT2D eigenvalue weighted by molar-refractivity contribution is 14.1. The molecule has 1 aromatic heterocycles. The van der Waals surface area contributed by atoms with Crippen LogP contribution in [-0.4, -0.2) is 35.9 Å². The van der Waals surface area contributed by atoms with Gasteiger partial charge in [-0.25, -0.2) is 14.3 Å². The van der Waals surface area contributed by atoms with E-state index in [9.17, 15) is 9.59 Å². The summed E-state index contributed by atoms with van der Waals surface area (Å²) in [6, 6.07) is 14.6. The van der Waals surface area contributed by atoms with Gasteiger partial charge in [-0.3, -0.25) is 0 Å². The molecular weight excluding hydrogens is 527 g/mol. The van der Waals surface area contributed by atoms with Crippen molar-refractivity contribution in [3.05, 3.63) is 67.8 Å². The average molecular weight is 541 g/mol. The first-order valence-corrected chi connectivity index (χ1v) is 9.66. The van der Waals surface area contributed by atoms with Crippen LogP contribution < -0.4 is 0 Å². The molecule has 0 saturated heterocycles. The SMILES string of the molecule is COC(=O)c1c(-c2cccc(I)c2Br)nn(-c2ccccc2)c1C(=O)OC. The van der Waals surface area contributed by atoms with Gasteiger partial charge in [0.1, 0.15) is 11.3 Å². The van der Waals surface area contributed by atoms with Gasteiger partial charge in [-0.2, -0.15) is 5.10 Å². The van der Waals surface area contributed by atoms with E-state index in [1.807, 2.05) is 36.4 Å². The zero-order valence-electron chi connectivity index (χ0n) is 14.4. The molecule has 3 aromatic rings. The number of esters is 2. The summed E-state index contributed by atoms with van der Waals surface area (Å²) >= 11 is 5.71. The number of methoxy groups -OCH3 is 2. The minimum atomic E-state index is -0.681. The van der Waals surface area contributed by atoms with Crippen LogP contribution in [0.3, 0.4) is 0 Å². The van der Waals surface area contributed by atoms with E-state index in [0.717, 1.165) is 8.04 Å². The first-order valence-electron chi connectivity index (χ1n) is 7.79. The molecule has 6 nitrogen and oxygen atoms in total. The maximum absolute atomic E-state index is 12.6. The van der Waals surface area contributed by atoms with E-state index in [-0.39, 0.29) is 11.3 Å². The molecule has 0 saturated carbocycles. The molecular formula is C19H14BrIN2O4. The molecule has 0 fully saturated rings. The molecule has 0 aliphatic carbocycles. The summed E-state index contributed by atoms with van der Waals surface area (Å²) in [5.74, 6) is -1.35. The average Bonchev–Trinajstić information content (AvgIpc) is 3.09. The minimum Gasteiger partial charge on any atom is -0.465 e. The summed E-state index contributed by atoms with van der Waals surface area (Å²) in [5.41, 5.74) is 1.68. The van der Waals surface area contributed by atoms with Crippen LogP contribution in [0.2, 0.25) is 0 Å². The Bertz CT molecular complexity index is 1020. The van der Waals surface area contributed by atoms with Crippen molar-refractivity contribution in [3.63, 3.8) is 0 Å². The van der Waals surface area contributed by atoms with Crippen LogP contribution in [0.15, 0.2) is 53.0 Å². The molecule has 3 rings (SSSR count). The summed E-state index contributed by atoms with van der Waals surface area (Å²) in [6.45, 7) is 0. The van der Waals surface area contributed by atoms with Crippen LogP contribution >= 0.6 is 38.5 Å². The van der Waals surface area contributed by atoms with Crippen molar-refractivity contribution in [1.29, 1.82) is 0 Å². The van der Waals surface area contributed by atoms with Crippen LogP contribution in [0.1, 0.15) is 20.8 Å².